The van der Waals surface area contributed by atoms with Crippen LogP contribution in [-0.2, 0) is 23.6 Å². The Morgan fingerprint density at radius 1 is 1.56 bits per heavy atom. The molecule has 1 heterocycles. The summed E-state index contributed by atoms with van der Waals surface area (Å²) in [7, 11) is 1.00. The molecule has 1 aliphatic heterocycles. The maximum absolute atomic E-state index is 11.1. The number of rotatable bonds is 3. The van der Waals surface area contributed by atoms with Crippen LogP contribution in [0.25, 0.3) is 0 Å². The molecule has 1 unspecified atom stereocenters. The molecule has 6 nitrogen and oxygen atoms in total. The normalized spacial score (nSPS) is 21.7. The van der Waals surface area contributed by atoms with Crippen molar-refractivity contribution >= 4 is 31.8 Å². The second kappa shape index (κ2) is 4.42. The third-order valence-electron chi connectivity index (χ3n) is 2.07. The van der Waals surface area contributed by atoms with Crippen molar-refractivity contribution in [3.05, 3.63) is 11.8 Å². The van der Waals surface area contributed by atoms with Crippen molar-refractivity contribution in [2.45, 2.75) is 26.3 Å². The fourth-order valence-corrected chi connectivity index (χ4v) is 2.66. The number of hydrogen-bond donors (Lipinski definition) is 0. The van der Waals surface area contributed by atoms with Gasteiger partial charge in [-0.25, -0.2) is 4.31 Å². The minimum Gasteiger partial charge on any atom is -0.435 e. The van der Waals surface area contributed by atoms with E-state index in [4.69, 9.17) is 10.7 Å². The van der Waals surface area contributed by atoms with Gasteiger partial charge in [-0.3, -0.25) is 9.59 Å². The van der Waals surface area contributed by atoms with Gasteiger partial charge in [-0.2, -0.15) is 8.42 Å². The van der Waals surface area contributed by atoms with E-state index < -0.39 is 27.2 Å². The first-order chi connectivity index (χ1) is 7.23. The average Bonchev–Trinajstić information content (AvgIpc) is 2.06. The molecule has 1 rings (SSSR count). The first kappa shape index (κ1) is 13.0. The summed E-state index contributed by atoms with van der Waals surface area (Å²) < 4.78 is 27.2. The molecule has 0 aromatic heterocycles. The van der Waals surface area contributed by atoms with Gasteiger partial charge in [-0.05, 0) is 12.5 Å². The lowest BCUT2D eigenvalue weighted by atomic mass is 9.99. The number of nitrogens with zero attached hydrogens (tertiary/aromatic N) is 1. The molecule has 90 valence electrons. The minimum absolute atomic E-state index is 0.0373. The van der Waals surface area contributed by atoms with Gasteiger partial charge in [0.15, 0.2) is 0 Å². The fraction of sp³-hybridized carbons (Fsp3) is 0.500. The van der Waals surface area contributed by atoms with E-state index >= 15 is 0 Å². The number of β-lactam (4-membered cyclic amide) rings is 1. The number of esters is 1. The summed E-state index contributed by atoms with van der Waals surface area (Å²) in [4.78, 5) is 21.6. The molecule has 1 aliphatic rings. The molecule has 0 bridgehead atoms. The number of hydrogen-bond acceptors (Lipinski definition) is 5. The molecule has 1 amide bonds. The van der Waals surface area contributed by atoms with E-state index in [0.29, 0.717) is 9.88 Å². The van der Waals surface area contributed by atoms with Crippen LogP contribution in [0.2, 0.25) is 0 Å². The summed E-state index contributed by atoms with van der Waals surface area (Å²) in [6.07, 6.45) is 1.16. The molecule has 0 aliphatic carbocycles. The molecule has 0 aromatic carbocycles. The van der Waals surface area contributed by atoms with Gasteiger partial charge in [0.2, 0.25) is 5.91 Å². The maximum Gasteiger partial charge on any atom is 0.324 e. The Balaban J connectivity index is 2.80. The molecule has 0 spiro atoms. The third kappa shape index (κ3) is 2.73. The first-order valence-electron chi connectivity index (χ1n) is 4.34. The summed E-state index contributed by atoms with van der Waals surface area (Å²) >= 11 is 0. The van der Waals surface area contributed by atoms with Gasteiger partial charge in [0.05, 0.1) is 18.7 Å². The maximum atomic E-state index is 11.1. The Bertz CT molecular complexity index is 455. The Kier molecular flexibility index (Phi) is 3.59. The van der Waals surface area contributed by atoms with Crippen LogP contribution in [0.3, 0.4) is 0 Å². The van der Waals surface area contributed by atoms with E-state index in [1.165, 1.54) is 6.92 Å². The first-order valence-corrected chi connectivity index (χ1v) is 6.61. The highest BCUT2D eigenvalue weighted by molar-refractivity contribution is 8.12. The monoisotopic (exact) mass is 267 g/mol. The molecule has 16 heavy (non-hydrogen) atoms. The van der Waals surface area contributed by atoms with Gasteiger partial charge < -0.3 is 4.74 Å². The Hall–Kier alpha value is -1.08. The van der Waals surface area contributed by atoms with Crippen LogP contribution in [0.15, 0.2) is 11.8 Å². The molecule has 0 saturated carbocycles. The zero-order chi connectivity index (χ0) is 12.5. The molecule has 0 N–H and O–H groups in total. The van der Waals surface area contributed by atoms with Crippen molar-refractivity contribution in [2.24, 2.45) is 0 Å². The van der Waals surface area contributed by atoms with E-state index in [1.807, 2.05) is 0 Å². The highest BCUT2D eigenvalue weighted by Crippen LogP contribution is 2.30. The van der Waals surface area contributed by atoms with Crippen LogP contribution in [0, 0.1) is 0 Å². The third-order valence-corrected chi connectivity index (χ3v) is 3.44. The summed E-state index contributed by atoms with van der Waals surface area (Å²) in [6.45, 7) is 2.76. The number of halogens is 1. The zero-order valence-corrected chi connectivity index (χ0v) is 10.2. The van der Waals surface area contributed by atoms with Crippen LogP contribution < -0.4 is 0 Å². The van der Waals surface area contributed by atoms with Crippen LogP contribution in [0.1, 0.15) is 20.3 Å². The quantitative estimate of drug-likeness (QED) is 0.323. The summed E-state index contributed by atoms with van der Waals surface area (Å²) in [5.74, 6) is -1.10. The smallest absolute Gasteiger partial charge is 0.324 e. The summed E-state index contributed by atoms with van der Waals surface area (Å²) in [5.41, 5.74) is 0.444. The minimum atomic E-state index is -4.07. The largest absolute Gasteiger partial charge is 0.435 e. The van der Waals surface area contributed by atoms with Crippen molar-refractivity contribution in [1.82, 2.24) is 4.31 Å². The Morgan fingerprint density at radius 2 is 2.12 bits per heavy atom. The predicted molar refractivity (Wildman–Crippen MR) is 55.5 cm³/mol. The van der Waals surface area contributed by atoms with E-state index in [1.54, 1.807) is 6.92 Å². The highest BCUT2D eigenvalue weighted by Gasteiger charge is 2.44. The number of carbonyl (C=O) groups excluding carboxylic acids is 2. The second-order valence-corrected chi connectivity index (χ2v) is 5.71. The number of ether oxygens (including phenoxy) is 1. The molecule has 1 fully saturated rings. The Labute approximate surface area is 97.4 Å². The van der Waals surface area contributed by atoms with E-state index in [9.17, 15) is 18.0 Å². The zero-order valence-electron chi connectivity index (χ0n) is 8.64. The van der Waals surface area contributed by atoms with Crippen molar-refractivity contribution in [3.8, 4) is 0 Å². The molecular formula is C8H10ClNO5S. The molecule has 1 atom stereocenters. The fourth-order valence-electron chi connectivity index (χ4n) is 1.27. The topological polar surface area (TPSA) is 80.8 Å². The van der Waals surface area contributed by atoms with Gasteiger partial charge in [-0.1, -0.05) is 0 Å². The molecule has 8 heteroatoms. The molecule has 1 saturated heterocycles. The average molecular weight is 268 g/mol. The molecule has 0 radical (unpaired) electrons. The van der Waals surface area contributed by atoms with Crippen molar-refractivity contribution < 1.29 is 22.7 Å². The van der Waals surface area contributed by atoms with E-state index in [2.05, 4.69) is 4.74 Å². The van der Waals surface area contributed by atoms with Gasteiger partial charge in [0, 0.05) is 17.6 Å². The van der Waals surface area contributed by atoms with Crippen LogP contribution in [-0.4, -0.2) is 30.6 Å². The summed E-state index contributed by atoms with van der Waals surface area (Å²) in [5, 5.41) is 0. The standard InChI is InChI=1S/C8H10ClNO5S/c1-5(4-15-6(2)11)7-3-8(12)10(7)16(9,13)14/h4,7H,3H2,1-2H3. The summed E-state index contributed by atoms with van der Waals surface area (Å²) in [6, 6.07) is -0.658. The van der Waals surface area contributed by atoms with E-state index in [-0.39, 0.29) is 6.42 Å². The van der Waals surface area contributed by atoms with Crippen LogP contribution in [0.4, 0.5) is 0 Å². The SMILES string of the molecule is CC(=O)OC=C(C)C1CC(=O)N1S(=O)(=O)Cl. The van der Waals surface area contributed by atoms with E-state index in [0.717, 1.165) is 6.26 Å². The van der Waals surface area contributed by atoms with Crippen molar-refractivity contribution in [3.63, 3.8) is 0 Å². The van der Waals surface area contributed by atoms with Gasteiger partial charge in [-0.15, -0.1) is 0 Å². The van der Waals surface area contributed by atoms with Crippen molar-refractivity contribution in [2.75, 3.05) is 0 Å². The molecule has 0 aromatic rings. The van der Waals surface area contributed by atoms with Gasteiger partial charge >= 0.3 is 15.2 Å². The number of carbonyl (C=O) groups is 2. The van der Waals surface area contributed by atoms with Crippen LogP contribution in [0.5, 0.6) is 0 Å². The lowest BCUT2D eigenvalue weighted by molar-refractivity contribution is -0.136. The predicted octanol–water partition coefficient (Wildman–Crippen LogP) is 0.538. The molecular weight excluding hydrogens is 258 g/mol. The lowest BCUT2D eigenvalue weighted by Gasteiger charge is -2.37. The van der Waals surface area contributed by atoms with Gasteiger partial charge in [0.25, 0.3) is 0 Å². The highest BCUT2D eigenvalue weighted by atomic mass is 35.7. The lowest BCUT2D eigenvalue weighted by Crippen LogP contribution is -2.54. The second-order valence-electron chi connectivity index (χ2n) is 3.32. The number of amides is 1. The van der Waals surface area contributed by atoms with Crippen molar-refractivity contribution in [1.29, 1.82) is 0 Å². The Morgan fingerprint density at radius 3 is 2.50 bits per heavy atom. The van der Waals surface area contributed by atoms with Crippen LogP contribution >= 0.6 is 10.7 Å². The van der Waals surface area contributed by atoms with Gasteiger partial charge in [0.1, 0.15) is 0 Å².